The van der Waals surface area contributed by atoms with Gasteiger partial charge in [-0.15, -0.1) is 0 Å². The Hall–Kier alpha value is -3.56. The van der Waals surface area contributed by atoms with Crippen molar-refractivity contribution in [3.05, 3.63) is 41.1 Å². The van der Waals surface area contributed by atoms with E-state index in [1.54, 1.807) is 32.9 Å². The normalized spacial score (nSPS) is 21.3. The van der Waals surface area contributed by atoms with E-state index in [2.05, 4.69) is 25.6 Å². The lowest BCUT2D eigenvalue weighted by Gasteiger charge is -2.32. The first-order chi connectivity index (χ1) is 18.3. The number of nitrogens with zero attached hydrogens (tertiary/aromatic N) is 2. The molecule has 0 spiro atoms. The first-order valence-corrected chi connectivity index (χ1v) is 13.3. The van der Waals surface area contributed by atoms with E-state index in [-0.39, 0.29) is 29.8 Å². The lowest BCUT2D eigenvalue weighted by Crippen LogP contribution is -2.49. The van der Waals surface area contributed by atoms with Crippen LogP contribution in [0.25, 0.3) is 22.3 Å². The number of rotatable bonds is 8. The summed E-state index contributed by atoms with van der Waals surface area (Å²) in [5, 5.41) is 5.65. The van der Waals surface area contributed by atoms with Gasteiger partial charge in [0.2, 0.25) is 5.91 Å². The highest BCUT2D eigenvalue weighted by molar-refractivity contribution is 6.09. The topological polar surface area (TPSA) is 109 Å². The number of aromatic amines is 1. The van der Waals surface area contributed by atoms with E-state index in [0.717, 1.165) is 12.8 Å². The summed E-state index contributed by atoms with van der Waals surface area (Å²) in [5.41, 5.74) is 2.67. The third-order valence-electron chi connectivity index (χ3n) is 7.48. The quantitative estimate of drug-likeness (QED) is 0.396. The Morgan fingerprint density at radius 2 is 1.92 bits per heavy atom. The predicted octanol–water partition coefficient (Wildman–Crippen LogP) is 4.68. The molecular weight excluding hydrogens is 492 g/mol. The maximum atomic E-state index is 15.5. The van der Waals surface area contributed by atoms with Gasteiger partial charge in [-0.1, -0.05) is 13.0 Å². The summed E-state index contributed by atoms with van der Waals surface area (Å²) in [6, 6.07) is 2.51. The van der Waals surface area contributed by atoms with Crippen LogP contribution in [0.1, 0.15) is 67.1 Å². The molecule has 38 heavy (non-hydrogen) atoms. The van der Waals surface area contributed by atoms with Crippen molar-refractivity contribution < 1.29 is 23.1 Å². The van der Waals surface area contributed by atoms with Gasteiger partial charge in [-0.25, -0.2) is 18.7 Å². The smallest absolute Gasteiger partial charge is 0.255 e. The molecule has 10 heteroatoms. The van der Waals surface area contributed by atoms with Gasteiger partial charge in [-0.2, -0.15) is 0 Å². The predicted molar refractivity (Wildman–Crippen MR) is 139 cm³/mol. The highest BCUT2D eigenvalue weighted by Gasteiger charge is 2.33. The molecule has 8 nitrogen and oxygen atoms in total. The van der Waals surface area contributed by atoms with Gasteiger partial charge >= 0.3 is 0 Å². The number of fused-ring (bicyclic) bond motifs is 1. The number of hydrogen-bond donors (Lipinski definition) is 3. The first-order valence-electron chi connectivity index (χ1n) is 13.3. The highest BCUT2D eigenvalue weighted by atomic mass is 19.1. The summed E-state index contributed by atoms with van der Waals surface area (Å²) in [4.78, 5) is 36.9. The molecule has 3 N–H and O–H groups in total. The summed E-state index contributed by atoms with van der Waals surface area (Å²) in [7, 11) is 0. The largest absolute Gasteiger partial charge is 0.492 e. The Balaban J connectivity index is 1.41. The molecule has 0 saturated heterocycles. The van der Waals surface area contributed by atoms with Crippen molar-refractivity contribution in [2.45, 2.75) is 77.6 Å². The number of hydrogen-bond acceptors (Lipinski definition) is 5. The van der Waals surface area contributed by atoms with Crippen LogP contribution in [0.15, 0.2) is 18.5 Å². The fraction of sp³-hybridized carbons (Fsp3) is 0.500. The SMILES string of the molecule is CCC(=O)N[C@@H]1CC[C@H](NC(=O)c2c(C)[nH]c3c(-c4c(OCC5CC5)ccc(C)c4F)ncnc23)C[C@H]1F. The minimum atomic E-state index is -1.25. The minimum absolute atomic E-state index is 0.109. The summed E-state index contributed by atoms with van der Waals surface area (Å²) < 4.78 is 36.2. The zero-order valence-electron chi connectivity index (χ0n) is 21.9. The van der Waals surface area contributed by atoms with Gasteiger partial charge in [0.15, 0.2) is 0 Å². The number of H-pyrrole nitrogens is 1. The average molecular weight is 526 g/mol. The van der Waals surface area contributed by atoms with Crippen molar-refractivity contribution >= 4 is 22.8 Å². The van der Waals surface area contributed by atoms with Crippen LogP contribution in [0.4, 0.5) is 8.78 Å². The third kappa shape index (κ3) is 5.21. The number of nitrogens with one attached hydrogen (secondary N) is 3. The molecule has 1 aromatic carbocycles. The summed E-state index contributed by atoms with van der Waals surface area (Å²) in [5.74, 6) is -0.114. The fourth-order valence-corrected chi connectivity index (χ4v) is 5.06. The number of benzene rings is 1. The number of aryl methyl sites for hydroxylation is 2. The lowest BCUT2D eigenvalue weighted by molar-refractivity contribution is -0.122. The molecule has 2 saturated carbocycles. The fourth-order valence-electron chi connectivity index (χ4n) is 5.06. The monoisotopic (exact) mass is 525 g/mol. The van der Waals surface area contributed by atoms with E-state index in [9.17, 15) is 14.0 Å². The molecular formula is C28H33F2N5O3. The highest BCUT2D eigenvalue weighted by Crippen LogP contribution is 2.39. The minimum Gasteiger partial charge on any atom is -0.492 e. The molecule has 3 aromatic rings. The van der Waals surface area contributed by atoms with Crippen LogP contribution in [-0.4, -0.2) is 51.6 Å². The van der Waals surface area contributed by atoms with Crippen LogP contribution in [0.2, 0.25) is 0 Å². The lowest BCUT2D eigenvalue weighted by atomic mass is 9.89. The molecule has 5 rings (SSSR count). The molecule has 0 radical (unpaired) electrons. The molecule has 2 fully saturated rings. The molecule has 0 bridgehead atoms. The van der Waals surface area contributed by atoms with Crippen LogP contribution in [0.3, 0.4) is 0 Å². The second kappa shape index (κ2) is 10.7. The Bertz CT molecular complexity index is 1370. The standard InChI is InChI=1S/C28H33F2N5O3/c1-4-21(36)35-19-9-8-17(11-18(19)29)34-28(37)22-15(3)33-27-25(22)31-13-32-26(27)23-20(38-12-16-6-7-16)10-5-14(2)24(23)30/h5,10,13,16-19,33H,4,6-9,11-12H2,1-3H3,(H,34,37)(H,35,36)/t17-,18+,19+/m0/s1. The van der Waals surface area contributed by atoms with Crippen molar-refractivity contribution in [1.82, 2.24) is 25.6 Å². The van der Waals surface area contributed by atoms with E-state index in [0.29, 0.717) is 71.1 Å². The Morgan fingerprint density at radius 1 is 1.13 bits per heavy atom. The van der Waals surface area contributed by atoms with Crippen LogP contribution in [0, 0.1) is 25.6 Å². The number of amides is 2. The Kier molecular flexibility index (Phi) is 7.32. The van der Waals surface area contributed by atoms with Crippen molar-refractivity contribution in [1.29, 1.82) is 0 Å². The summed E-state index contributed by atoms with van der Waals surface area (Å²) >= 11 is 0. The van der Waals surface area contributed by atoms with Gasteiger partial charge in [-0.05, 0) is 57.1 Å². The van der Waals surface area contributed by atoms with Crippen molar-refractivity contribution in [2.75, 3.05) is 6.61 Å². The zero-order valence-corrected chi connectivity index (χ0v) is 21.9. The molecule has 3 atom stereocenters. The van der Waals surface area contributed by atoms with Crippen molar-refractivity contribution in [3.8, 4) is 17.0 Å². The number of carbonyl (C=O) groups excluding carboxylic acids is 2. The van der Waals surface area contributed by atoms with Crippen LogP contribution >= 0.6 is 0 Å². The number of carbonyl (C=O) groups is 2. The van der Waals surface area contributed by atoms with Gasteiger partial charge in [0, 0.05) is 24.6 Å². The molecule has 2 aliphatic rings. The van der Waals surface area contributed by atoms with Crippen LogP contribution in [0.5, 0.6) is 5.75 Å². The van der Waals surface area contributed by atoms with E-state index in [1.165, 1.54) is 6.33 Å². The average Bonchev–Trinajstić information content (AvgIpc) is 3.66. The third-order valence-corrected chi connectivity index (χ3v) is 7.48. The molecule has 2 amide bonds. The maximum Gasteiger partial charge on any atom is 0.255 e. The second-order valence-electron chi connectivity index (χ2n) is 10.4. The molecule has 0 unspecified atom stereocenters. The number of aromatic nitrogens is 3. The van der Waals surface area contributed by atoms with Crippen molar-refractivity contribution in [3.63, 3.8) is 0 Å². The second-order valence-corrected chi connectivity index (χ2v) is 10.4. The maximum absolute atomic E-state index is 15.5. The molecule has 2 aliphatic carbocycles. The Labute approximate surface area is 220 Å². The van der Waals surface area contributed by atoms with Crippen molar-refractivity contribution in [2.24, 2.45) is 5.92 Å². The van der Waals surface area contributed by atoms with E-state index in [4.69, 9.17) is 4.74 Å². The van der Waals surface area contributed by atoms with Gasteiger partial charge in [-0.3, -0.25) is 9.59 Å². The number of ether oxygens (including phenoxy) is 1. The molecule has 2 heterocycles. The Morgan fingerprint density at radius 3 is 2.63 bits per heavy atom. The number of halogens is 2. The molecule has 202 valence electrons. The molecule has 2 aromatic heterocycles. The van der Waals surface area contributed by atoms with Crippen LogP contribution in [-0.2, 0) is 4.79 Å². The van der Waals surface area contributed by atoms with Gasteiger partial charge in [0.25, 0.3) is 5.91 Å². The van der Waals surface area contributed by atoms with Gasteiger partial charge < -0.3 is 20.4 Å². The summed E-state index contributed by atoms with van der Waals surface area (Å²) in [6.07, 6.45) is 3.66. The van der Waals surface area contributed by atoms with E-state index >= 15 is 4.39 Å². The van der Waals surface area contributed by atoms with E-state index in [1.807, 2.05) is 0 Å². The van der Waals surface area contributed by atoms with Gasteiger partial charge in [0.1, 0.15) is 35.3 Å². The first kappa shape index (κ1) is 26.1. The summed E-state index contributed by atoms with van der Waals surface area (Å²) in [6.45, 7) is 5.66. The van der Waals surface area contributed by atoms with Crippen LogP contribution < -0.4 is 15.4 Å². The van der Waals surface area contributed by atoms with Gasteiger partial charge in [0.05, 0.1) is 29.3 Å². The van der Waals surface area contributed by atoms with E-state index < -0.39 is 18.0 Å². The number of alkyl halides is 1. The molecule has 0 aliphatic heterocycles. The zero-order chi connectivity index (χ0) is 27.0.